The highest BCUT2D eigenvalue weighted by Gasteiger charge is 2.41. The van der Waals surface area contributed by atoms with Gasteiger partial charge >= 0.3 is 0 Å². The summed E-state index contributed by atoms with van der Waals surface area (Å²) in [5.41, 5.74) is 1.86. The van der Waals surface area contributed by atoms with Crippen LogP contribution in [0.2, 0.25) is 5.02 Å². The number of hydrogen-bond acceptors (Lipinski definition) is 6. The molecule has 2 aromatic rings. The van der Waals surface area contributed by atoms with E-state index in [2.05, 4.69) is 4.90 Å². The predicted molar refractivity (Wildman–Crippen MR) is 108 cm³/mol. The highest BCUT2D eigenvalue weighted by molar-refractivity contribution is 6.30. The quantitative estimate of drug-likeness (QED) is 0.434. The SMILES string of the molecule is Cc1ccc(Cl)cc1N1CCN(CN2C(=O)c3cccc([N+](=O)[O-])c3C2=O)CC1. The van der Waals surface area contributed by atoms with E-state index < -0.39 is 16.7 Å². The molecule has 0 radical (unpaired) electrons. The van der Waals surface area contributed by atoms with Gasteiger partial charge in [-0.1, -0.05) is 23.7 Å². The maximum absolute atomic E-state index is 12.7. The van der Waals surface area contributed by atoms with Crippen molar-refractivity contribution < 1.29 is 14.5 Å². The van der Waals surface area contributed by atoms with Gasteiger partial charge in [-0.05, 0) is 30.7 Å². The first-order chi connectivity index (χ1) is 13.9. The fraction of sp³-hybridized carbons (Fsp3) is 0.300. The first-order valence-electron chi connectivity index (χ1n) is 9.24. The predicted octanol–water partition coefficient (Wildman–Crippen LogP) is 2.93. The second kappa shape index (κ2) is 7.46. The molecule has 0 unspecified atom stereocenters. The molecular formula is C20H19ClN4O4. The van der Waals surface area contributed by atoms with Crippen molar-refractivity contribution in [2.24, 2.45) is 0 Å². The van der Waals surface area contributed by atoms with Crippen molar-refractivity contribution in [3.05, 3.63) is 68.2 Å². The van der Waals surface area contributed by atoms with Crippen LogP contribution in [0.3, 0.4) is 0 Å². The van der Waals surface area contributed by atoms with Crippen LogP contribution in [0, 0.1) is 17.0 Å². The van der Waals surface area contributed by atoms with Gasteiger partial charge in [0.25, 0.3) is 17.5 Å². The third-order valence-electron chi connectivity index (χ3n) is 5.40. The minimum Gasteiger partial charge on any atom is -0.369 e. The number of amides is 2. The summed E-state index contributed by atoms with van der Waals surface area (Å²) in [7, 11) is 0. The minimum atomic E-state index is -0.625. The molecule has 0 aromatic heterocycles. The van der Waals surface area contributed by atoms with Gasteiger partial charge in [-0.3, -0.25) is 29.5 Å². The van der Waals surface area contributed by atoms with Crippen LogP contribution < -0.4 is 4.90 Å². The number of nitrogens with zero attached hydrogens (tertiary/aromatic N) is 4. The fourth-order valence-electron chi connectivity index (χ4n) is 3.85. The summed E-state index contributed by atoms with van der Waals surface area (Å²) in [4.78, 5) is 41.3. The zero-order valence-corrected chi connectivity index (χ0v) is 16.6. The maximum atomic E-state index is 12.7. The van der Waals surface area contributed by atoms with E-state index >= 15 is 0 Å². The van der Waals surface area contributed by atoms with E-state index in [1.807, 2.05) is 30.0 Å². The lowest BCUT2D eigenvalue weighted by Crippen LogP contribution is -2.51. The van der Waals surface area contributed by atoms with Crippen LogP contribution in [0.4, 0.5) is 11.4 Å². The van der Waals surface area contributed by atoms with Crippen molar-refractivity contribution in [3.63, 3.8) is 0 Å². The van der Waals surface area contributed by atoms with Crippen LogP contribution in [0.25, 0.3) is 0 Å². The van der Waals surface area contributed by atoms with Gasteiger partial charge in [-0.15, -0.1) is 0 Å². The molecule has 0 atom stereocenters. The van der Waals surface area contributed by atoms with Crippen LogP contribution in [0.15, 0.2) is 36.4 Å². The molecule has 8 nitrogen and oxygen atoms in total. The molecule has 1 saturated heterocycles. The number of aryl methyl sites for hydroxylation is 1. The van der Waals surface area contributed by atoms with Gasteiger partial charge in [-0.2, -0.15) is 0 Å². The van der Waals surface area contributed by atoms with Crippen LogP contribution in [0.1, 0.15) is 26.3 Å². The second-order valence-corrected chi connectivity index (χ2v) is 7.61. The smallest absolute Gasteiger partial charge is 0.282 e. The molecule has 2 aliphatic rings. The number of anilines is 1. The van der Waals surface area contributed by atoms with Crippen LogP contribution in [-0.2, 0) is 0 Å². The van der Waals surface area contributed by atoms with Crippen LogP contribution in [-0.4, -0.2) is 59.4 Å². The highest BCUT2D eigenvalue weighted by atomic mass is 35.5. The number of imide groups is 1. The monoisotopic (exact) mass is 414 g/mol. The number of hydrogen-bond donors (Lipinski definition) is 0. The van der Waals surface area contributed by atoms with Gasteiger partial charge in [0, 0.05) is 43.0 Å². The molecule has 0 N–H and O–H groups in total. The van der Waals surface area contributed by atoms with Gasteiger partial charge in [0.2, 0.25) is 0 Å². The summed E-state index contributed by atoms with van der Waals surface area (Å²) in [6.07, 6.45) is 0. The molecule has 9 heteroatoms. The third-order valence-corrected chi connectivity index (χ3v) is 5.63. The van der Waals surface area contributed by atoms with E-state index in [1.54, 1.807) is 0 Å². The Bertz CT molecular complexity index is 1020. The Morgan fingerprint density at radius 1 is 1.07 bits per heavy atom. The summed E-state index contributed by atoms with van der Waals surface area (Å²) in [5, 5.41) is 11.9. The van der Waals surface area contributed by atoms with E-state index in [9.17, 15) is 19.7 Å². The van der Waals surface area contributed by atoms with E-state index in [-0.39, 0.29) is 23.5 Å². The fourth-order valence-corrected chi connectivity index (χ4v) is 4.02. The minimum absolute atomic E-state index is 0.0948. The molecule has 2 heterocycles. The third kappa shape index (κ3) is 3.45. The zero-order valence-electron chi connectivity index (χ0n) is 15.8. The Morgan fingerprint density at radius 3 is 2.48 bits per heavy atom. The summed E-state index contributed by atoms with van der Waals surface area (Å²) < 4.78 is 0. The van der Waals surface area contributed by atoms with E-state index in [0.29, 0.717) is 18.1 Å². The summed E-state index contributed by atoms with van der Waals surface area (Å²) in [6, 6.07) is 9.92. The highest BCUT2D eigenvalue weighted by Crippen LogP contribution is 2.31. The number of carbonyl (C=O) groups is 2. The molecule has 2 amide bonds. The van der Waals surface area contributed by atoms with Crippen molar-refractivity contribution in [2.75, 3.05) is 37.7 Å². The average Bonchev–Trinajstić information content (AvgIpc) is 2.95. The zero-order chi connectivity index (χ0) is 20.7. The molecule has 150 valence electrons. The van der Waals surface area contributed by atoms with Gasteiger partial charge in [0.05, 0.1) is 17.2 Å². The number of rotatable bonds is 4. The first-order valence-corrected chi connectivity index (χ1v) is 9.61. The van der Waals surface area contributed by atoms with Crippen LogP contribution in [0.5, 0.6) is 0 Å². The summed E-state index contributed by atoms with van der Waals surface area (Å²) in [6.45, 7) is 4.91. The molecule has 0 spiro atoms. The number of nitro benzene ring substituents is 1. The number of carbonyl (C=O) groups excluding carboxylic acids is 2. The lowest BCUT2D eigenvalue weighted by atomic mass is 10.1. The van der Waals surface area contributed by atoms with Crippen molar-refractivity contribution >= 4 is 34.8 Å². The molecular weight excluding hydrogens is 396 g/mol. The first kappa shape index (κ1) is 19.4. The van der Waals surface area contributed by atoms with E-state index in [1.165, 1.54) is 18.2 Å². The summed E-state index contributed by atoms with van der Waals surface area (Å²) in [5.74, 6) is -1.09. The Balaban J connectivity index is 1.46. The largest absolute Gasteiger partial charge is 0.369 e. The number of halogens is 1. The Morgan fingerprint density at radius 2 is 1.79 bits per heavy atom. The van der Waals surface area contributed by atoms with Crippen molar-refractivity contribution in [1.29, 1.82) is 0 Å². The number of piperazine rings is 1. The number of nitro groups is 1. The Labute approximate surface area is 172 Å². The van der Waals surface area contributed by atoms with Gasteiger partial charge in [-0.25, -0.2) is 0 Å². The van der Waals surface area contributed by atoms with E-state index in [0.717, 1.165) is 29.2 Å². The topological polar surface area (TPSA) is 87.0 Å². The molecule has 1 fully saturated rings. The van der Waals surface area contributed by atoms with Crippen molar-refractivity contribution in [3.8, 4) is 0 Å². The number of fused-ring (bicyclic) bond motifs is 1. The molecule has 0 bridgehead atoms. The summed E-state index contributed by atoms with van der Waals surface area (Å²) >= 11 is 6.12. The lowest BCUT2D eigenvalue weighted by Gasteiger charge is -2.38. The normalized spacial score (nSPS) is 17.0. The molecule has 2 aliphatic heterocycles. The second-order valence-electron chi connectivity index (χ2n) is 7.17. The van der Waals surface area contributed by atoms with E-state index in [4.69, 9.17) is 11.6 Å². The molecule has 29 heavy (non-hydrogen) atoms. The standard InChI is InChI=1S/C20H19ClN4O4/c1-13-5-6-14(21)11-17(13)23-9-7-22(8-10-23)12-24-19(26)15-3-2-4-16(25(28)29)18(15)20(24)27/h2-6,11H,7-10,12H2,1H3. The lowest BCUT2D eigenvalue weighted by molar-refractivity contribution is -0.385. The average molecular weight is 415 g/mol. The molecule has 2 aromatic carbocycles. The maximum Gasteiger partial charge on any atom is 0.282 e. The Kier molecular flexibility index (Phi) is 4.97. The van der Waals surface area contributed by atoms with Crippen molar-refractivity contribution in [2.45, 2.75) is 6.92 Å². The van der Waals surface area contributed by atoms with Gasteiger partial charge in [0.1, 0.15) is 5.56 Å². The molecule has 0 saturated carbocycles. The van der Waals surface area contributed by atoms with Crippen LogP contribution >= 0.6 is 11.6 Å². The number of benzene rings is 2. The van der Waals surface area contributed by atoms with Crippen molar-refractivity contribution in [1.82, 2.24) is 9.80 Å². The Hall–Kier alpha value is -2.97. The van der Waals surface area contributed by atoms with Gasteiger partial charge < -0.3 is 4.90 Å². The molecule has 0 aliphatic carbocycles. The van der Waals surface area contributed by atoms with Gasteiger partial charge in [0.15, 0.2) is 0 Å². The molecule has 4 rings (SSSR count).